The van der Waals surface area contributed by atoms with E-state index in [-0.39, 0.29) is 11.2 Å². The highest BCUT2D eigenvalue weighted by Crippen LogP contribution is 2.53. The topological polar surface area (TPSA) is 34.1 Å². The van der Waals surface area contributed by atoms with E-state index in [1.165, 1.54) is 5.56 Å². The fraction of sp³-hybridized carbons (Fsp3) is 0.708. The minimum absolute atomic E-state index is 0.154. The van der Waals surface area contributed by atoms with Crippen molar-refractivity contribution in [3.05, 3.63) is 34.4 Å². The van der Waals surface area contributed by atoms with Crippen molar-refractivity contribution in [1.29, 1.82) is 0 Å². The van der Waals surface area contributed by atoms with E-state index in [1.807, 2.05) is 13.8 Å². The number of carbonyl (C=O) groups excluding carboxylic acids is 1. The lowest BCUT2D eigenvalue weighted by Gasteiger charge is -2.36. The van der Waals surface area contributed by atoms with Gasteiger partial charge in [-0.05, 0) is 62.5 Å². The monoisotopic (exact) mass is 389 g/mol. The molecule has 1 fully saturated rings. The first-order valence-electron chi connectivity index (χ1n) is 10.5. The number of carbonyl (C=O) groups is 1. The van der Waals surface area contributed by atoms with Crippen LogP contribution in [0.2, 0.25) is 0 Å². The SMILES string of the molecule is Cc1cc(C)c(C(=O)C2([P](=O)CC(C)CC(C)(C)C)CCCCC2)c(C)c1. The first-order chi connectivity index (χ1) is 12.5. The Balaban J connectivity index is 2.36. The molecule has 151 valence electrons. The maximum Gasteiger partial charge on any atom is 0.180 e. The molecule has 2 nitrogen and oxygen atoms in total. The van der Waals surface area contributed by atoms with Gasteiger partial charge in [-0.2, -0.15) is 0 Å². The van der Waals surface area contributed by atoms with E-state index in [0.717, 1.165) is 55.2 Å². The molecule has 1 aromatic rings. The van der Waals surface area contributed by atoms with Crippen LogP contribution < -0.4 is 0 Å². The first-order valence-corrected chi connectivity index (χ1v) is 12.0. The molecular formula is C24H38O2P. The summed E-state index contributed by atoms with van der Waals surface area (Å²) in [5.74, 6) is 0.529. The van der Waals surface area contributed by atoms with Crippen LogP contribution in [0.5, 0.6) is 0 Å². The molecule has 0 aromatic heterocycles. The minimum atomic E-state index is -1.57. The highest BCUT2D eigenvalue weighted by molar-refractivity contribution is 7.48. The van der Waals surface area contributed by atoms with Crippen molar-refractivity contribution in [2.75, 3.05) is 6.16 Å². The second-order valence-corrected chi connectivity index (χ2v) is 12.1. The van der Waals surface area contributed by atoms with E-state index in [0.29, 0.717) is 12.1 Å². The highest BCUT2D eigenvalue weighted by atomic mass is 31.1. The van der Waals surface area contributed by atoms with Gasteiger partial charge in [-0.15, -0.1) is 0 Å². The average molecular weight is 390 g/mol. The van der Waals surface area contributed by atoms with Crippen molar-refractivity contribution in [3.8, 4) is 0 Å². The largest absolute Gasteiger partial charge is 0.293 e. The van der Waals surface area contributed by atoms with Crippen LogP contribution in [0.15, 0.2) is 12.1 Å². The summed E-state index contributed by atoms with van der Waals surface area (Å²) < 4.78 is 13.6. The molecule has 3 heteroatoms. The van der Waals surface area contributed by atoms with Gasteiger partial charge in [-0.3, -0.25) is 9.36 Å². The normalized spacial score (nSPS) is 18.9. The van der Waals surface area contributed by atoms with E-state index in [2.05, 4.69) is 46.8 Å². The smallest absolute Gasteiger partial charge is 0.180 e. The van der Waals surface area contributed by atoms with Crippen LogP contribution in [-0.4, -0.2) is 17.1 Å². The Kier molecular flexibility index (Phi) is 7.06. The molecule has 0 amide bonds. The van der Waals surface area contributed by atoms with Gasteiger partial charge in [0.05, 0.1) is 7.80 Å². The summed E-state index contributed by atoms with van der Waals surface area (Å²) in [5, 5.41) is -0.648. The first kappa shape index (κ1) is 22.3. The number of hydrogen-bond donors (Lipinski definition) is 0. The van der Waals surface area contributed by atoms with Crippen molar-refractivity contribution in [1.82, 2.24) is 0 Å². The number of benzene rings is 1. The molecule has 2 atom stereocenters. The Hall–Kier alpha value is -1.01. The summed E-state index contributed by atoms with van der Waals surface area (Å²) in [7, 11) is -1.57. The molecular weight excluding hydrogens is 351 g/mol. The van der Waals surface area contributed by atoms with Crippen LogP contribution in [-0.2, 0) is 4.57 Å². The van der Waals surface area contributed by atoms with Gasteiger partial charge < -0.3 is 0 Å². The minimum Gasteiger partial charge on any atom is -0.293 e. The van der Waals surface area contributed by atoms with E-state index >= 15 is 0 Å². The van der Waals surface area contributed by atoms with Gasteiger partial charge >= 0.3 is 0 Å². The Labute approximate surface area is 167 Å². The zero-order valence-electron chi connectivity index (χ0n) is 18.4. The van der Waals surface area contributed by atoms with Crippen LogP contribution in [0.4, 0.5) is 0 Å². The van der Waals surface area contributed by atoms with Crippen molar-refractivity contribution in [3.63, 3.8) is 0 Å². The van der Waals surface area contributed by atoms with Crippen molar-refractivity contribution in [2.45, 2.75) is 92.1 Å². The van der Waals surface area contributed by atoms with Gasteiger partial charge in [0.25, 0.3) is 0 Å². The Bertz CT molecular complexity index is 683. The summed E-state index contributed by atoms with van der Waals surface area (Å²) in [6, 6.07) is 4.18. The number of aryl methyl sites for hydroxylation is 3. The molecule has 2 rings (SSSR count). The second-order valence-electron chi connectivity index (χ2n) is 10.1. The zero-order chi connectivity index (χ0) is 20.4. The van der Waals surface area contributed by atoms with Gasteiger partial charge in [0.15, 0.2) is 5.78 Å². The predicted molar refractivity (Wildman–Crippen MR) is 117 cm³/mol. The number of ketones is 1. The van der Waals surface area contributed by atoms with E-state index in [4.69, 9.17) is 0 Å². The van der Waals surface area contributed by atoms with E-state index < -0.39 is 13.0 Å². The van der Waals surface area contributed by atoms with Gasteiger partial charge in [-0.1, -0.05) is 64.7 Å². The third-order valence-electron chi connectivity index (χ3n) is 5.92. The predicted octanol–water partition coefficient (Wildman–Crippen LogP) is 7.40. The molecule has 0 heterocycles. The second kappa shape index (κ2) is 8.56. The summed E-state index contributed by atoms with van der Waals surface area (Å²) in [6.07, 6.45) is 6.48. The molecule has 0 N–H and O–H groups in total. The molecule has 0 saturated heterocycles. The van der Waals surface area contributed by atoms with Crippen molar-refractivity contribution >= 4 is 13.6 Å². The Morgan fingerprint density at radius 2 is 1.59 bits per heavy atom. The maximum absolute atomic E-state index is 13.8. The quantitative estimate of drug-likeness (QED) is 0.375. The molecule has 2 unspecified atom stereocenters. The molecule has 0 bridgehead atoms. The standard InChI is InChI=1S/C24H38O2P/c1-17-13-19(3)21(20(4)14-17)22(25)24(11-9-8-10-12-24)27(26)16-18(2)15-23(5,6)7/h13-14,18H,8-12,15-16H2,1-7H3. The van der Waals surface area contributed by atoms with Gasteiger partial charge in [0.2, 0.25) is 0 Å². The number of rotatable bonds is 6. The zero-order valence-corrected chi connectivity index (χ0v) is 19.3. The van der Waals surface area contributed by atoms with Gasteiger partial charge in [0.1, 0.15) is 5.16 Å². The molecule has 1 aliphatic carbocycles. The summed E-state index contributed by atoms with van der Waals surface area (Å²) in [4.78, 5) is 13.8. The lowest BCUT2D eigenvalue weighted by Crippen LogP contribution is -2.39. The Morgan fingerprint density at radius 1 is 1.07 bits per heavy atom. The van der Waals surface area contributed by atoms with E-state index in [1.54, 1.807) is 0 Å². The molecule has 1 aliphatic rings. The fourth-order valence-corrected chi connectivity index (χ4v) is 7.26. The molecule has 0 spiro atoms. The summed E-state index contributed by atoms with van der Waals surface area (Å²) in [6.45, 7) is 15.0. The van der Waals surface area contributed by atoms with Crippen LogP contribution in [0.1, 0.15) is 93.3 Å². The third kappa shape index (κ3) is 5.29. The molecule has 27 heavy (non-hydrogen) atoms. The maximum atomic E-state index is 13.8. The number of Topliss-reactive ketones (excluding diaryl/α,β-unsaturated/α-hetero) is 1. The summed E-state index contributed by atoms with van der Waals surface area (Å²) in [5.41, 5.74) is 4.31. The van der Waals surface area contributed by atoms with Gasteiger partial charge in [-0.25, -0.2) is 0 Å². The van der Waals surface area contributed by atoms with Crippen molar-refractivity contribution in [2.24, 2.45) is 11.3 Å². The number of hydrogen-bond acceptors (Lipinski definition) is 2. The highest BCUT2D eigenvalue weighted by Gasteiger charge is 2.46. The molecule has 1 radical (unpaired) electrons. The van der Waals surface area contributed by atoms with E-state index in [9.17, 15) is 9.36 Å². The average Bonchev–Trinajstić information content (AvgIpc) is 2.52. The molecule has 1 saturated carbocycles. The van der Waals surface area contributed by atoms with Crippen LogP contribution >= 0.6 is 7.80 Å². The molecule has 1 aromatic carbocycles. The lowest BCUT2D eigenvalue weighted by atomic mass is 9.80. The lowest BCUT2D eigenvalue weighted by molar-refractivity contribution is 0.0911. The van der Waals surface area contributed by atoms with Gasteiger partial charge in [0, 0.05) is 11.7 Å². The van der Waals surface area contributed by atoms with Crippen molar-refractivity contribution < 1.29 is 9.36 Å². The van der Waals surface area contributed by atoms with Crippen LogP contribution in [0.25, 0.3) is 0 Å². The summed E-state index contributed by atoms with van der Waals surface area (Å²) >= 11 is 0. The third-order valence-corrected chi connectivity index (χ3v) is 8.48. The Morgan fingerprint density at radius 3 is 2.07 bits per heavy atom. The molecule has 0 aliphatic heterocycles. The van der Waals surface area contributed by atoms with Crippen LogP contribution in [0.3, 0.4) is 0 Å². The fourth-order valence-electron chi connectivity index (χ4n) is 5.07. The van der Waals surface area contributed by atoms with Crippen LogP contribution in [0, 0.1) is 32.1 Å².